The van der Waals surface area contributed by atoms with Crippen LogP contribution in [0.3, 0.4) is 0 Å². The van der Waals surface area contributed by atoms with E-state index < -0.39 is 47.9 Å². The van der Waals surface area contributed by atoms with E-state index in [1.807, 2.05) is 41.7 Å². The molecule has 8 atom stereocenters. The number of benzene rings is 1. The normalized spacial score (nSPS) is 16.9. The van der Waals surface area contributed by atoms with Crippen molar-refractivity contribution >= 4 is 82.9 Å². The number of amides is 2. The standard InChI is InChI=1S/C50H76FN6O8PS3.Y/c1-9-32(4)39(26-46(62)42-15-10-11-22-56(42)7)50(64)57(8)43(31(2)3)27-47(65-34(6)58)49-55-41(30-67-49)48(63)54-37(25-35-18-20-36(51)21-19-35)24-33(5)44(60)17-13-23-68-69-29-40(52)45(61)16-12-14-38(59)28-53-66;/h18-21,30-33,37,39-40,42-43,47,66H,9-17,22-29,52H2,1-8H3,(H,54,63);/t32?,33-,37+,39-,40-,42+,43+,47+;/m0./s1. The van der Waals surface area contributed by atoms with Gasteiger partial charge in [0.15, 0.2) is 17.7 Å². The van der Waals surface area contributed by atoms with Gasteiger partial charge in [0.1, 0.15) is 34.6 Å². The van der Waals surface area contributed by atoms with Crippen molar-refractivity contribution in [2.24, 2.45) is 34.2 Å². The molecule has 2 heterocycles. The van der Waals surface area contributed by atoms with Gasteiger partial charge in [-0.15, -0.1) is 11.3 Å². The van der Waals surface area contributed by atoms with E-state index in [9.17, 15) is 38.0 Å². The number of Topliss-reactive ketones (excluding diaryl/α,β-unsaturated/α-hetero) is 4. The minimum absolute atomic E-state index is 0. The van der Waals surface area contributed by atoms with Gasteiger partial charge in [-0.1, -0.05) is 81.2 Å². The Morgan fingerprint density at radius 3 is 2.33 bits per heavy atom. The third-order valence-corrected chi connectivity index (χ3v) is 16.7. The predicted molar refractivity (Wildman–Crippen MR) is 277 cm³/mol. The molecule has 0 aliphatic carbocycles. The maximum absolute atomic E-state index is 14.4. The van der Waals surface area contributed by atoms with Gasteiger partial charge >= 0.3 is 5.97 Å². The van der Waals surface area contributed by atoms with Crippen LogP contribution in [-0.2, 0) is 72.6 Å². The monoisotopic (exact) mass is 1120 g/mol. The van der Waals surface area contributed by atoms with E-state index in [-0.39, 0.29) is 123 Å². The number of nitrogens with zero attached hydrogens (tertiary/aromatic N) is 4. The number of thiazole rings is 1. The molecule has 3 N–H and O–H groups in total. The summed E-state index contributed by atoms with van der Waals surface area (Å²) in [7, 11) is 9.66. The first-order valence-electron chi connectivity index (χ1n) is 24.3. The zero-order valence-electron chi connectivity index (χ0n) is 42.4. The number of ketones is 4. The molecule has 1 aliphatic rings. The van der Waals surface area contributed by atoms with Crippen molar-refractivity contribution in [3.63, 3.8) is 0 Å². The Balaban J connectivity index is 0.0000168. The van der Waals surface area contributed by atoms with Gasteiger partial charge in [-0.05, 0) is 90.7 Å². The number of piperidine rings is 1. The number of rotatable bonds is 33. The smallest absolute Gasteiger partial charge is 0.303 e. The second-order valence-electron chi connectivity index (χ2n) is 18.9. The molecule has 0 spiro atoms. The van der Waals surface area contributed by atoms with Crippen LogP contribution in [0.1, 0.15) is 146 Å². The summed E-state index contributed by atoms with van der Waals surface area (Å²) in [4.78, 5) is 100. The van der Waals surface area contributed by atoms with E-state index in [1.54, 1.807) is 40.3 Å². The fraction of sp³-hybridized carbons (Fsp3) is 0.680. The average molecular weight is 1120 g/mol. The molecule has 1 aromatic carbocycles. The van der Waals surface area contributed by atoms with Crippen molar-refractivity contribution in [3.8, 4) is 0 Å². The van der Waals surface area contributed by atoms with Crippen LogP contribution in [0.4, 0.5) is 4.39 Å². The van der Waals surface area contributed by atoms with Gasteiger partial charge in [0, 0.05) is 120 Å². The molecule has 1 radical (unpaired) electrons. The van der Waals surface area contributed by atoms with E-state index in [2.05, 4.69) is 29.0 Å². The maximum atomic E-state index is 14.4. The van der Waals surface area contributed by atoms with Crippen LogP contribution >= 0.6 is 42.0 Å². The summed E-state index contributed by atoms with van der Waals surface area (Å²) in [5.41, 5.74) is 6.95. The van der Waals surface area contributed by atoms with E-state index in [4.69, 9.17) is 10.5 Å². The maximum Gasteiger partial charge on any atom is 0.303 e. The van der Waals surface area contributed by atoms with Crippen molar-refractivity contribution in [2.75, 3.05) is 38.7 Å². The number of nitrogens with one attached hydrogen (secondary N) is 1. The van der Waals surface area contributed by atoms with E-state index in [1.165, 1.54) is 41.2 Å². The fourth-order valence-electron chi connectivity index (χ4n) is 8.67. The number of carbonyl (C=O) groups is 7. The van der Waals surface area contributed by atoms with Gasteiger partial charge in [0.25, 0.3) is 5.91 Å². The van der Waals surface area contributed by atoms with Crippen molar-refractivity contribution in [1.29, 1.82) is 0 Å². The average Bonchev–Trinajstić information content (AvgIpc) is 3.81. The summed E-state index contributed by atoms with van der Waals surface area (Å²) in [5, 5.41) is 5.06. The molecule has 3 rings (SSSR count). The van der Waals surface area contributed by atoms with Gasteiger partial charge in [-0.25, -0.2) is 9.37 Å². The fourth-order valence-corrected chi connectivity index (χ4v) is 11.9. The molecule has 1 unspecified atom stereocenters. The molecule has 2 amide bonds. The van der Waals surface area contributed by atoms with Crippen LogP contribution in [0, 0.1) is 29.5 Å². The number of esters is 1. The molecule has 0 bridgehead atoms. The van der Waals surface area contributed by atoms with Gasteiger partial charge in [-0.3, -0.25) is 43.2 Å². The number of nitrogens with two attached hydrogens (primary N) is 1. The number of likely N-dealkylation sites (N-methyl/N-ethyl adjacent to an activating group) is 1. The molecular weight excluding hydrogens is 1050 g/mol. The molecule has 14 nitrogen and oxygen atoms in total. The third kappa shape index (κ3) is 22.0. The molecule has 387 valence electrons. The first-order chi connectivity index (χ1) is 32.7. The molecule has 0 saturated carbocycles. The second kappa shape index (κ2) is 33.5. The number of carbonyl (C=O) groups excluding carboxylic acids is 7. The number of aromatic nitrogens is 1. The van der Waals surface area contributed by atoms with Crippen LogP contribution in [0.5, 0.6) is 0 Å². The van der Waals surface area contributed by atoms with Crippen LogP contribution < -0.4 is 11.1 Å². The summed E-state index contributed by atoms with van der Waals surface area (Å²) in [6, 6.07) is 4.27. The Morgan fingerprint density at radius 1 is 1.01 bits per heavy atom. The Labute approximate surface area is 454 Å². The molecule has 1 fully saturated rings. The Hall–Kier alpha value is -2.31. The van der Waals surface area contributed by atoms with Gasteiger partial charge in [-0.2, -0.15) is 0 Å². The molecule has 20 heteroatoms. The van der Waals surface area contributed by atoms with Gasteiger partial charge < -0.3 is 20.7 Å². The largest absolute Gasteiger partial charge is 0.455 e. The van der Waals surface area contributed by atoms with Crippen molar-refractivity contribution in [3.05, 3.63) is 51.7 Å². The first kappa shape index (κ1) is 63.8. The quantitative estimate of drug-likeness (QED) is 0.0298. The second-order valence-corrected chi connectivity index (χ2v) is 22.7. The van der Waals surface area contributed by atoms with Gasteiger partial charge in [0.05, 0.1) is 12.1 Å². The number of likely N-dealkylation sites (tertiary alicyclic amines) is 1. The summed E-state index contributed by atoms with van der Waals surface area (Å²) in [6.45, 7) is 12.1. The third-order valence-electron chi connectivity index (χ3n) is 13.1. The minimum atomic E-state index is -0.867. The zero-order valence-corrected chi connectivity index (χ0v) is 48.7. The molecule has 2 aromatic rings. The van der Waals surface area contributed by atoms with Gasteiger partial charge in [0.2, 0.25) is 5.91 Å². The van der Waals surface area contributed by atoms with Crippen molar-refractivity contribution < 1.29 is 75.4 Å². The molecule has 70 heavy (non-hydrogen) atoms. The molecule has 1 aliphatic heterocycles. The topological polar surface area (TPSA) is 198 Å². The SMILES string of the molecule is CCC(C)[C@H](CC(=O)[C@H]1CCCCN1C)C(=O)N(C)[C@H](C[C@@H](OC(C)=O)c1nc(C(=O)N[C@@H](Cc2ccc(F)cc2)C[C@H](C)C(=O)CCCSSC[C@H](N)C(=O)CCCC(=O)CN=P)cs1)C(C)C.[Y]. The molecular formula is C50H76FN6O8PS3Y. The van der Waals surface area contributed by atoms with Crippen LogP contribution in [0.15, 0.2) is 34.4 Å². The predicted octanol–water partition coefficient (Wildman–Crippen LogP) is 8.92. The summed E-state index contributed by atoms with van der Waals surface area (Å²) in [5.74, 6) is -1.45. The molecule has 1 saturated heterocycles. The van der Waals surface area contributed by atoms with Crippen LogP contribution in [-0.4, -0.2) is 119 Å². The Kier molecular flexibility index (Phi) is 30.5. The zero-order chi connectivity index (χ0) is 51.2. The minimum Gasteiger partial charge on any atom is -0.455 e. The molecule has 1 aromatic heterocycles. The summed E-state index contributed by atoms with van der Waals surface area (Å²) < 4.78 is 23.3. The van der Waals surface area contributed by atoms with E-state index in [0.717, 1.165) is 37.8 Å². The summed E-state index contributed by atoms with van der Waals surface area (Å²) in [6.07, 6.45) is 5.63. The Bertz CT molecular complexity index is 2020. The van der Waals surface area contributed by atoms with Crippen molar-refractivity contribution in [2.45, 2.75) is 155 Å². The Morgan fingerprint density at radius 2 is 1.70 bits per heavy atom. The van der Waals surface area contributed by atoms with Crippen LogP contribution in [0.2, 0.25) is 0 Å². The number of ether oxygens (including phenoxy) is 1. The number of halogens is 1. The van der Waals surface area contributed by atoms with E-state index >= 15 is 0 Å². The first-order valence-corrected chi connectivity index (χ1v) is 28.1. The summed E-state index contributed by atoms with van der Waals surface area (Å²) >= 11 is 1.17. The van der Waals surface area contributed by atoms with E-state index in [0.29, 0.717) is 48.6 Å². The number of hydrogen-bond acceptors (Lipinski definition) is 15. The van der Waals surface area contributed by atoms with Crippen molar-refractivity contribution in [1.82, 2.24) is 20.1 Å². The number of hydrogen-bond donors (Lipinski definition) is 2. The van der Waals surface area contributed by atoms with Crippen LogP contribution in [0.25, 0.3) is 0 Å².